The number of rotatable bonds is 18. The summed E-state index contributed by atoms with van der Waals surface area (Å²) < 4.78 is 7.21. The van der Waals surface area contributed by atoms with Crippen LogP contribution in [0.4, 0.5) is 0 Å². The van der Waals surface area contributed by atoms with Crippen LogP contribution in [0, 0.1) is 13.8 Å². The van der Waals surface area contributed by atoms with Crippen LogP contribution < -0.4 is 43.1 Å². The van der Waals surface area contributed by atoms with E-state index < -0.39 is 0 Å². The number of nitrogens with zero attached hydrogens (tertiary/aromatic N) is 3. The zero-order chi connectivity index (χ0) is 22.2. The van der Waals surface area contributed by atoms with Gasteiger partial charge in [-0.1, -0.05) is 58.3 Å². The van der Waals surface area contributed by atoms with Crippen LogP contribution in [0.3, 0.4) is 0 Å². The Morgan fingerprint density at radius 1 is 0.636 bits per heavy atom. The number of hydrogen-bond acceptors (Lipinski definition) is 0. The van der Waals surface area contributed by atoms with Gasteiger partial charge in [0, 0.05) is 25.5 Å². The SMILES string of the molecule is CCCCCCCCCCCC[n+]1ccn(CCCCCC[n+]2ccc(C)cc2)c1C.[Br-].[Br-]. The molecule has 2 aromatic heterocycles. The highest BCUT2D eigenvalue weighted by molar-refractivity contribution is 5.03. The lowest BCUT2D eigenvalue weighted by Crippen LogP contribution is -3.00. The minimum Gasteiger partial charge on any atom is -1.00 e. The molecule has 3 nitrogen and oxygen atoms in total. The third-order valence-corrected chi connectivity index (χ3v) is 6.63. The van der Waals surface area contributed by atoms with E-state index >= 15 is 0 Å². The van der Waals surface area contributed by atoms with Crippen molar-refractivity contribution in [3.05, 3.63) is 48.3 Å². The summed E-state index contributed by atoms with van der Waals surface area (Å²) in [6, 6.07) is 4.39. The lowest BCUT2D eigenvalue weighted by Gasteiger charge is -2.03. The summed E-state index contributed by atoms with van der Waals surface area (Å²) >= 11 is 0. The van der Waals surface area contributed by atoms with Crippen LogP contribution in [-0.2, 0) is 19.6 Å². The quantitative estimate of drug-likeness (QED) is 0.182. The Bertz CT molecular complexity index is 698. The van der Waals surface area contributed by atoms with E-state index in [1.165, 1.54) is 108 Å². The van der Waals surface area contributed by atoms with Gasteiger partial charge in [-0.15, -0.1) is 0 Å². The lowest BCUT2D eigenvalue weighted by atomic mass is 10.1. The second-order valence-electron chi connectivity index (χ2n) is 9.44. The highest BCUT2D eigenvalue weighted by Gasteiger charge is 2.11. The molecule has 0 atom stereocenters. The first-order valence-electron chi connectivity index (χ1n) is 13.2. The molecular weight excluding hydrogens is 538 g/mol. The van der Waals surface area contributed by atoms with Crippen molar-refractivity contribution in [3.63, 3.8) is 0 Å². The van der Waals surface area contributed by atoms with Crippen LogP contribution in [0.2, 0.25) is 0 Å². The molecule has 0 saturated heterocycles. The molecule has 0 bridgehead atoms. The van der Waals surface area contributed by atoms with E-state index in [0.717, 1.165) is 13.1 Å². The molecule has 0 aliphatic carbocycles. The molecule has 0 aliphatic heterocycles. The van der Waals surface area contributed by atoms with E-state index in [4.69, 9.17) is 0 Å². The largest absolute Gasteiger partial charge is 1.00 e. The molecular formula is C28H49Br2N3. The van der Waals surface area contributed by atoms with Crippen LogP contribution in [-0.4, -0.2) is 4.57 Å². The maximum atomic E-state index is 2.46. The Hall–Kier alpha value is -0.680. The molecule has 2 heterocycles. The van der Waals surface area contributed by atoms with Crippen LogP contribution in [0.15, 0.2) is 36.9 Å². The first kappa shape index (κ1) is 32.3. The van der Waals surface area contributed by atoms with Crippen molar-refractivity contribution in [2.45, 2.75) is 130 Å². The standard InChI is InChI=1S/C28H49N3.2BrH/c1-4-5-6-7-8-9-10-11-12-16-21-30-25-26-31(28(30)3)22-17-14-13-15-20-29-23-18-27(2)19-24-29;;/h18-19,23-26H,4-17,20-22H2,1-3H3;2*1H/q+2;;/p-2. The van der Waals surface area contributed by atoms with Crippen LogP contribution >= 0.6 is 0 Å². The number of pyridine rings is 1. The van der Waals surface area contributed by atoms with Gasteiger partial charge in [0.2, 0.25) is 0 Å². The molecule has 0 radical (unpaired) electrons. The predicted octanol–water partition coefficient (Wildman–Crippen LogP) is 0.869. The fraction of sp³-hybridized carbons (Fsp3) is 0.714. The summed E-state index contributed by atoms with van der Waals surface area (Å²) in [4.78, 5) is 0. The van der Waals surface area contributed by atoms with E-state index in [2.05, 4.69) is 71.4 Å². The van der Waals surface area contributed by atoms with Crippen molar-refractivity contribution in [2.75, 3.05) is 0 Å². The molecule has 0 N–H and O–H groups in total. The summed E-state index contributed by atoms with van der Waals surface area (Å²) in [6.07, 6.45) is 28.3. The molecule has 5 heteroatoms. The van der Waals surface area contributed by atoms with Gasteiger partial charge in [0.25, 0.3) is 5.82 Å². The maximum absolute atomic E-state index is 2.46. The molecule has 0 fully saturated rings. The van der Waals surface area contributed by atoms with Gasteiger partial charge in [-0.2, -0.15) is 0 Å². The van der Waals surface area contributed by atoms with Crippen LogP contribution in [0.25, 0.3) is 0 Å². The number of aromatic nitrogens is 3. The Morgan fingerprint density at radius 3 is 1.76 bits per heavy atom. The third kappa shape index (κ3) is 14.3. The second-order valence-corrected chi connectivity index (χ2v) is 9.44. The third-order valence-electron chi connectivity index (χ3n) is 6.63. The number of halogens is 2. The predicted molar refractivity (Wildman–Crippen MR) is 131 cm³/mol. The van der Waals surface area contributed by atoms with Crippen molar-refractivity contribution in [2.24, 2.45) is 0 Å². The van der Waals surface area contributed by atoms with E-state index in [1.807, 2.05) is 0 Å². The molecule has 190 valence electrons. The number of unbranched alkanes of at least 4 members (excludes halogenated alkanes) is 12. The Morgan fingerprint density at radius 2 is 1.15 bits per heavy atom. The first-order chi connectivity index (χ1) is 15.2. The second kappa shape index (κ2) is 20.7. The molecule has 0 aliphatic rings. The number of hydrogen-bond donors (Lipinski definition) is 0. The van der Waals surface area contributed by atoms with Crippen molar-refractivity contribution in [1.29, 1.82) is 0 Å². The highest BCUT2D eigenvalue weighted by Crippen LogP contribution is 2.11. The number of imidazole rings is 1. The normalized spacial score (nSPS) is 10.6. The number of aryl methyl sites for hydroxylation is 4. The van der Waals surface area contributed by atoms with E-state index in [9.17, 15) is 0 Å². The molecule has 2 rings (SSSR count). The highest BCUT2D eigenvalue weighted by atomic mass is 79.9. The lowest BCUT2D eigenvalue weighted by molar-refractivity contribution is -0.702. The summed E-state index contributed by atoms with van der Waals surface area (Å²) in [6.45, 7) is 10.2. The smallest absolute Gasteiger partial charge is 0.253 e. The molecule has 2 aromatic rings. The molecule has 33 heavy (non-hydrogen) atoms. The molecule has 0 amide bonds. The zero-order valence-electron chi connectivity index (χ0n) is 21.6. The van der Waals surface area contributed by atoms with Gasteiger partial charge in [-0.05, 0) is 44.6 Å². The van der Waals surface area contributed by atoms with Crippen LogP contribution in [0.1, 0.15) is 108 Å². The van der Waals surface area contributed by atoms with Gasteiger partial charge >= 0.3 is 0 Å². The fourth-order valence-corrected chi connectivity index (χ4v) is 4.39. The summed E-state index contributed by atoms with van der Waals surface area (Å²) in [5, 5.41) is 0. The topological polar surface area (TPSA) is 12.7 Å². The average molecular weight is 588 g/mol. The van der Waals surface area contributed by atoms with Crippen molar-refractivity contribution >= 4 is 0 Å². The van der Waals surface area contributed by atoms with Gasteiger partial charge in [0.1, 0.15) is 18.9 Å². The van der Waals surface area contributed by atoms with E-state index in [-0.39, 0.29) is 34.0 Å². The van der Waals surface area contributed by atoms with Gasteiger partial charge < -0.3 is 34.0 Å². The summed E-state index contributed by atoms with van der Waals surface area (Å²) in [5.41, 5.74) is 1.34. The molecule has 0 spiro atoms. The Kier molecular flexibility index (Phi) is 20.2. The monoisotopic (exact) mass is 585 g/mol. The Balaban J connectivity index is 0.00000512. The van der Waals surface area contributed by atoms with Gasteiger partial charge in [0.05, 0.1) is 13.1 Å². The van der Waals surface area contributed by atoms with E-state index in [1.54, 1.807) is 0 Å². The minimum absolute atomic E-state index is 0. The van der Waals surface area contributed by atoms with Crippen LogP contribution in [0.5, 0.6) is 0 Å². The van der Waals surface area contributed by atoms with Crippen molar-refractivity contribution < 1.29 is 43.1 Å². The summed E-state index contributed by atoms with van der Waals surface area (Å²) in [7, 11) is 0. The van der Waals surface area contributed by atoms with Gasteiger partial charge in [-0.25, -0.2) is 13.7 Å². The van der Waals surface area contributed by atoms with Gasteiger partial charge in [0.15, 0.2) is 12.4 Å². The van der Waals surface area contributed by atoms with Gasteiger partial charge in [-0.3, -0.25) is 0 Å². The zero-order valence-corrected chi connectivity index (χ0v) is 24.8. The van der Waals surface area contributed by atoms with Crippen molar-refractivity contribution in [3.8, 4) is 0 Å². The first-order valence-corrected chi connectivity index (χ1v) is 13.2. The molecule has 0 unspecified atom stereocenters. The van der Waals surface area contributed by atoms with E-state index in [0.29, 0.717) is 0 Å². The molecule has 0 aromatic carbocycles. The van der Waals surface area contributed by atoms with Crippen molar-refractivity contribution in [1.82, 2.24) is 4.57 Å². The Labute approximate surface area is 225 Å². The maximum Gasteiger partial charge on any atom is 0.253 e. The minimum atomic E-state index is 0. The summed E-state index contributed by atoms with van der Waals surface area (Å²) in [5.74, 6) is 1.42. The molecule has 0 saturated carbocycles. The average Bonchev–Trinajstić information content (AvgIpc) is 3.12. The fourth-order valence-electron chi connectivity index (χ4n) is 4.39.